The highest BCUT2D eigenvalue weighted by atomic mass is 19.1. The van der Waals surface area contributed by atoms with Crippen LogP contribution in [0.2, 0.25) is 0 Å². The number of nitrogens with zero attached hydrogens (tertiary/aromatic N) is 3. The Morgan fingerprint density at radius 3 is 3.06 bits per heavy atom. The second-order valence-corrected chi connectivity index (χ2v) is 3.82. The highest BCUT2D eigenvalue weighted by molar-refractivity contribution is 5.91. The monoisotopic (exact) mass is 232 g/mol. The molecule has 0 bridgehead atoms. The van der Waals surface area contributed by atoms with Gasteiger partial charge in [0.05, 0.1) is 12.5 Å². The maximum Gasteiger partial charge on any atom is 0.229 e. The van der Waals surface area contributed by atoms with E-state index in [-0.39, 0.29) is 18.1 Å². The first kappa shape index (κ1) is 9.95. The molecule has 2 heterocycles. The second kappa shape index (κ2) is 3.65. The zero-order valence-corrected chi connectivity index (χ0v) is 8.80. The van der Waals surface area contributed by atoms with Crippen LogP contribution in [0.4, 0.5) is 10.3 Å². The van der Waals surface area contributed by atoms with Crippen molar-refractivity contribution in [2.24, 2.45) is 0 Å². The van der Waals surface area contributed by atoms with Gasteiger partial charge in [0.1, 0.15) is 12.1 Å². The molecule has 0 spiro atoms. The summed E-state index contributed by atoms with van der Waals surface area (Å²) in [5.41, 5.74) is 0.453. The standard InChI is InChI=1S/C11H9FN4O/c12-8-4-2-1-3-7(8)9-5-10(17)15-11-13-6-14-16(9)11/h1-4,6,9H,5H2,(H,13,14,15,17)/t9-/m0/s1. The molecule has 0 radical (unpaired) electrons. The Morgan fingerprint density at radius 1 is 1.41 bits per heavy atom. The molecule has 1 atom stereocenters. The Kier molecular flexibility index (Phi) is 2.14. The number of hydrogen-bond acceptors (Lipinski definition) is 3. The summed E-state index contributed by atoms with van der Waals surface area (Å²) in [7, 11) is 0. The number of carbonyl (C=O) groups excluding carboxylic acids is 1. The average Bonchev–Trinajstić information content (AvgIpc) is 2.76. The summed E-state index contributed by atoms with van der Waals surface area (Å²) in [5, 5.41) is 6.60. The number of amides is 1. The number of halogens is 1. The molecule has 1 aliphatic rings. The van der Waals surface area contributed by atoms with Crippen molar-refractivity contribution < 1.29 is 9.18 Å². The van der Waals surface area contributed by atoms with E-state index >= 15 is 0 Å². The maximum absolute atomic E-state index is 13.7. The van der Waals surface area contributed by atoms with Crippen molar-refractivity contribution >= 4 is 11.9 Å². The Balaban J connectivity index is 2.11. The van der Waals surface area contributed by atoms with Gasteiger partial charge >= 0.3 is 0 Å². The first-order valence-corrected chi connectivity index (χ1v) is 5.19. The summed E-state index contributed by atoms with van der Waals surface area (Å²) in [5.74, 6) is -0.165. The molecule has 5 nitrogen and oxygen atoms in total. The summed E-state index contributed by atoms with van der Waals surface area (Å²) in [6.07, 6.45) is 1.51. The van der Waals surface area contributed by atoms with Gasteiger partial charge in [-0.15, -0.1) is 0 Å². The van der Waals surface area contributed by atoms with Crippen LogP contribution < -0.4 is 5.32 Å². The summed E-state index contributed by atoms with van der Waals surface area (Å²) in [6, 6.07) is 5.95. The number of hydrogen-bond donors (Lipinski definition) is 1. The Hall–Kier alpha value is -2.24. The smallest absolute Gasteiger partial charge is 0.229 e. The minimum atomic E-state index is -0.428. The lowest BCUT2D eigenvalue weighted by atomic mass is 10.0. The van der Waals surface area contributed by atoms with Crippen molar-refractivity contribution in [3.63, 3.8) is 0 Å². The first-order valence-electron chi connectivity index (χ1n) is 5.19. The van der Waals surface area contributed by atoms with Gasteiger partial charge in [-0.05, 0) is 6.07 Å². The maximum atomic E-state index is 13.7. The fourth-order valence-electron chi connectivity index (χ4n) is 1.99. The SMILES string of the molecule is O=C1C[C@@H](c2ccccc2F)n2ncnc2N1. The van der Waals surface area contributed by atoms with Crippen molar-refractivity contribution in [3.05, 3.63) is 42.0 Å². The zero-order chi connectivity index (χ0) is 11.8. The molecule has 0 aliphatic carbocycles. The van der Waals surface area contributed by atoms with Crippen molar-refractivity contribution in [2.45, 2.75) is 12.5 Å². The van der Waals surface area contributed by atoms with E-state index in [1.807, 2.05) is 0 Å². The molecule has 1 N–H and O–H groups in total. The number of benzene rings is 1. The van der Waals surface area contributed by atoms with E-state index in [4.69, 9.17) is 0 Å². The summed E-state index contributed by atoms with van der Waals surface area (Å²) < 4.78 is 15.2. The van der Waals surface area contributed by atoms with Crippen LogP contribution in [-0.2, 0) is 4.79 Å². The molecule has 17 heavy (non-hydrogen) atoms. The summed E-state index contributed by atoms with van der Waals surface area (Å²) in [6.45, 7) is 0. The van der Waals surface area contributed by atoms with Crippen LogP contribution >= 0.6 is 0 Å². The van der Waals surface area contributed by atoms with Crippen molar-refractivity contribution in [2.75, 3.05) is 5.32 Å². The minimum Gasteiger partial charge on any atom is -0.295 e. The van der Waals surface area contributed by atoms with Gasteiger partial charge in [-0.25, -0.2) is 9.07 Å². The predicted molar refractivity (Wildman–Crippen MR) is 57.8 cm³/mol. The molecule has 1 amide bonds. The Labute approximate surface area is 96.3 Å². The summed E-state index contributed by atoms with van der Waals surface area (Å²) in [4.78, 5) is 15.4. The fourth-order valence-corrected chi connectivity index (χ4v) is 1.99. The molecule has 0 saturated heterocycles. The lowest BCUT2D eigenvalue weighted by molar-refractivity contribution is -0.117. The van der Waals surface area contributed by atoms with Gasteiger partial charge in [-0.3, -0.25) is 10.1 Å². The first-order chi connectivity index (χ1) is 8.25. The van der Waals surface area contributed by atoms with Gasteiger partial charge < -0.3 is 0 Å². The lowest BCUT2D eigenvalue weighted by Gasteiger charge is -2.23. The highest BCUT2D eigenvalue weighted by Crippen LogP contribution is 2.29. The fraction of sp³-hybridized carbons (Fsp3) is 0.182. The molecule has 1 aromatic carbocycles. The molecule has 0 fully saturated rings. The third kappa shape index (κ3) is 1.57. The lowest BCUT2D eigenvalue weighted by Crippen LogP contribution is -2.29. The molecule has 1 aromatic heterocycles. The van der Waals surface area contributed by atoms with Crippen LogP contribution in [0.5, 0.6) is 0 Å². The molecule has 0 unspecified atom stereocenters. The number of rotatable bonds is 1. The van der Waals surface area contributed by atoms with Gasteiger partial charge in [0.25, 0.3) is 0 Å². The predicted octanol–water partition coefficient (Wildman–Crippen LogP) is 1.35. The average molecular weight is 232 g/mol. The second-order valence-electron chi connectivity index (χ2n) is 3.82. The minimum absolute atomic E-state index is 0.164. The van der Waals surface area contributed by atoms with Gasteiger partial charge in [0.2, 0.25) is 11.9 Å². The van der Waals surface area contributed by atoms with Crippen molar-refractivity contribution in [3.8, 4) is 0 Å². The molecule has 2 aromatic rings. The third-order valence-corrected chi connectivity index (χ3v) is 2.76. The van der Waals surface area contributed by atoms with E-state index in [1.54, 1.807) is 18.2 Å². The van der Waals surface area contributed by atoms with Crippen LogP contribution in [0.25, 0.3) is 0 Å². The van der Waals surface area contributed by atoms with Gasteiger partial charge in [-0.1, -0.05) is 18.2 Å². The van der Waals surface area contributed by atoms with Gasteiger partial charge in [0.15, 0.2) is 0 Å². The van der Waals surface area contributed by atoms with E-state index in [1.165, 1.54) is 17.1 Å². The van der Waals surface area contributed by atoms with Crippen LogP contribution in [-0.4, -0.2) is 20.7 Å². The van der Waals surface area contributed by atoms with Crippen molar-refractivity contribution in [1.82, 2.24) is 14.8 Å². The van der Waals surface area contributed by atoms with Gasteiger partial charge in [-0.2, -0.15) is 10.1 Å². The van der Waals surface area contributed by atoms with E-state index in [0.717, 1.165) is 0 Å². The number of nitrogens with one attached hydrogen (secondary N) is 1. The molecule has 0 saturated carbocycles. The Morgan fingerprint density at radius 2 is 2.24 bits per heavy atom. The van der Waals surface area contributed by atoms with Crippen LogP contribution in [0.3, 0.4) is 0 Å². The van der Waals surface area contributed by atoms with Crippen molar-refractivity contribution in [1.29, 1.82) is 0 Å². The molecule has 3 rings (SSSR count). The number of aromatic nitrogens is 3. The molecule has 1 aliphatic heterocycles. The zero-order valence-electron chi connectivity index (χ0n) is 8.80. The molecule has 6 heteroatoms. The van der Waals surface area contributed by atoms with E-state index < -0.39 is 6.04 Å². The number of anilines is 1. The largest absolute Gasteiger partial charge is 0.295 e. The molecule has 86 valence electrons. The number of carbonyl (C=O) groups is 1. The normalized spacial score (nSPS) is 18.6. The quantitative estimate of drug-likeness (QED) is 0.807. The molecular formula is C11H9FN4O. The molecular weight excluding hydrogens is 223 g/mol. The Bertz CT molecular complexity index is 580. The highest BCUT2D eigenvalue weighted by Gasteiger charge is 2.29. The van der Waals surface area contributed by atoms with Crippen LogP contribution in [0.15, 0.2) is 30.6 Å². The van der Waals surface area contributed by atoms with E-state index in [9.17, 15) is 9.18 Å². The number of fused-ring (bicyclic) bond motifs is 1. The summed E-state index contributed by atoms with van der Waals surface area (Å²) >= 11 is 0. The van der Waals surface area contributed by atoms with Crippen LogP contribution in [0.1, 0.15) is 18.0 Å². The van der Waals surface area contributed by atoms with Crippen LogP contribution in [0, 0.1) is 5.82 Å². The van der Waals surface area contributed by atoms with E-state index in [2.05, 4.69) is 15.4 Å². The van der Waals surface area contributed by atoms with E-state index in [0.29, 0.717) is 11.5 Å². The van der Waals surface area contributed by atoms with Gasteiger partial charge in [0, 0.05) is 5.56 Å². The third-order valence-electron chi connectivity index (χ3n) is 2.76. The topological polar surface area (TPSA) is 59.8 Å².